The SMILES string of the molecule is CN(C)c1ccc2c(-c3cc(C(=O)NCCOc4ccccc4COCC4CN(C(=O)N5CC[C@@H]6OCC(=O)N[C@@H]6C5)C4)ccc3C(=O)[O-])c3ccc(=[N+](C)C)cc-3oc2c1. The van der Waals surface area contributed by atoms with Crippen molar-refractivity contribution in [1.29, 1.82) is 0 Å². The number of morpholine rings is 1. The van der Waals surface area contributed by atoms with Crippen LogP contribution in [0, 0.1) is 5.92 Å². The van der Waals surface area contributed by atoms with Crippen LogP contribution in [-0.4, -0.2) is 126 Å². The maximum atomic E-state index is 13.6. The van der Waals surface area contributed by atoms with Crippen molar-refractivity contribution in [3.05, 3.63) is 101 Å². The van der Waals surface area contributed by atoms with Gasteiger partial charge in [-0.05, 0) is 48.4 Å². The monoisotopic (exact) mass is 830 g/mol. The van der Waals surface area contributed by atoms with Gasteiger partial charge >= 0.3 is 6.03 Å². The van der Waals surface area contributed by atoms with Gasteiger partial charge in [0.1, 0.15) is 44.4 Å². The van der Waals surface area contributed by atoms with E-state index in [-0.39, 0.29) is 60.9 Å². The Morgan fingerprint density at radius 3 is 2.57 bits per heavy atom. The Morgan fingerprint density at radius 2 is 1.79 bits per heavy atom. The highest BCUT2D eigenvalue weighted by molar-refractivity contribution is 6.09. The number of carbonyl (C=O) groups excluding carboxylic acids is 4. The second-order valence-electron chi connectivity index (χ2n) is 16.2. The van der Waals surface area contributed by atoms with Crippen LogP contribution in [0.1, 0.15) is 32.7 Å². The Labute approximate surface area is 353 Å². The van der Waals surface area contributed by atoms with Crippen molar-refractivity contribution in [2.24, 2.45) is 5.92 Å². The van der Waals surface area contributed by atoms with Crippen molar-refractivity contribution >= 4 is 40.5 Å². The molecule has 4 heterocycles. The second kappa shape index (κ2) is 17.6. The van der Waals surface area contributed by atoms with Gasteiger partial charge in [0.15, 0.2) is 0 Å². The van der Waals surface area contributed by atoms with Gasteiger partial charge in [-0.3, -0.25) is 9.59 Å². The molecular weight excluding hydrogens is 781 g/mol. The van der Waals surface area contributed by atoms with Crippen LogP contribution >= 0.6 is 0 Å². The molecule has 4 aliphatic heterocycles. The molecule has 0 bridgehead atoms. The quantitative estimate of drug-likeness (QED) is 0.108. The number of amides is 4. The minimum atomic E-state index is -1.36. The molecule has 318 valence electrons. The fourth-order valence-electron chi connectivity index (χ4n) is 8.22. The fourth-order valence-corrected chi connectivity index (χ4v) is 8.22. The number of rotatable bonds is 12. The summed E-state index contributed by atoms with van der Waals surface area (Å²) in [5, 5.41) is 20.0. The van der Waals surface area contributed by atoms with Crippen molar-refractivity contribution in [1.82, 2.24) is 25.0 Å². The number of benzene rings is 4. The van der Waals surface area contributed by atoms with E-state index in [1.807, 2.05) is 103 Å². The summed E-state index contributed by atoms with van der Waals surface area (Å²) in [6.07, 6.45) is 0.656. The van der Waals surface area contributed by atoms with Gasteiger partial charge in [-0.25, -0.2) is 9.37 Å². The van der Waals surface area contributed by atoms with Crippen LogP contribution in [0.4, 0.5) is 10.5 Å². The summed E-state index contributed by atoms with van der Waals surface area (Å²) in [6.45, 7) is 3.50. The zero-order valence-corrected chi connectivity index (χ0v) is 34.8. The van der Waals surface area contributed by atoms with E-state index in [9.17, 15) is 24.3 Å². The van der Waals surface area contributed by atoms with Crippen LogP contribution in [0.2, 0.25) is 0 Å². The smallest absolute Gasteiger partial charge is 0.320 e. The molecule has 0 aromatic heterocycles. The molecule has 15 nitrogen and oxygen atoms in total. The summed E-state index contributed by atoms with van der Waals surface area (Å²) in [6, 6.07) is 23.3. The lowest BCUT2D eigenvalue weighted by molar-refractivity contribution is -0.254. The molecule has 0 unspecified atom stereocenters. The predicted octanol–water partition coefficient (Wildman–Crippen LogP) is 2.63. The number of hydrogen-bond donors (Lipinski definition) is 2. The molecule has 2 N–H and O–H groups in total. The minimum Gasteiger partial charge on any atom is -0.545 e. The molecule has 0 saturated carbocycles. The average molecular weight is 831 g/mol. The topological polar surface area (TPSA) is 169 Å². The number of aromatic carboxylic acids is 1. The van der Waals surface area contributed by atoms with Crippen molar-refractivity contribution in [2.75, 3.05) is 85.6 Å². The molecule has 4 amide bonds. The van der Waals surface area contributed by atoms with Gasteiger partial charge < -0.3 is 53.9 Å². The summed E-state index contributed by atoms with van der Waals surface area (Å²) < 4.78 is 26.1. The highest BCUT2D eigenvalue weighted by atomic mass is 16.5. The van der Waals surface area contributed by atoms with Crippen LogP contribution in [0.5, 0.6) is 5.75 Å². The molecule has 5 aliphatic rings. The van der Waals surface area contributed by atoms with Crippen molar-refractivity contribution in [3.63, 3.8) is 0 Å². The fraction of sp³-hybridized carbons (Fsp3) is 0.370. The third-order valence-electron chi connectivity index (χ3n) is 11.5. The van der Waals surface area contributed by atoms with Crippen LogP contribution in [0.25, 0.3) is 33.4 Å². The van der Waals surface area contributed by atoms with E-state index in [1.165, 1.54) is 12.1 Å². The third kappa shape index (κ3) is 8.89. The van der Waals surface area contributed by atoms with E-state index in [4.69, 9.17) is 18.6 Å². The van der Waals surface area contributed by atoms with Crippen LogP contribution in [0.3, 0.4) is 0 Å². The van der Waals surface area contributed by atoms with E-state index in [0.29, 0.717) is 85.0 Å². The van der Waals surface area contributed by atoms with E-state index < -0.39 is 11.9 Å². The Bertz CT molecular complexity index is 2530. The van der Waals surface area contributed by atoms with Crippen LogP contribution in [-0.2, 0) is 20.9 Å². The predicted molar refractivity (Wildman–Crippen MR) is 226 cm³/mol. The minimum absolute atomic E-state index is 0.0252. The molecule has 2 atom stereocenters. The first kappa shape index (κ1) is 41.3. The molecule has 3 aromatic carbocycles. The molecule has 3 saturated heterocycles. The highest BCUT2D eigenvalue weighted by Gasteiger charge is 2.40. The molecule has 3 fully saturated rings. The van der Waals surface area contributed by atoms with Crippen molar-refractivity contribution in [3.8, 4) is 28.2 Å². The molecule has 0 spiro atoms. The van der Waals surface area contributed by atoms with E-state index in [0.717, 1.165) is 16.6 Å². The number of likely N-dealkylation sites (tertiary alicyclic amines) is 2. The molecule has 15 heteroatoms. The summed E-state index contributed by atoms with van der Waals surface area (Å²) in [7, 11) is 7.73. The number of carboxylic acids is 1. The number of carboxylic acid groups (broad SMARTS) is 1. The van der Waals surface area contributed by atoms with E-state index in [1.54, 1.807) is 11.0 Å². The van der Waals surface area contributed by atoms with Gasteiger partial charge in [0, 0.05) is 97.2 Å². The standard InChI is InChI=1S/C46H50N6O9/c1-49(2)31-10-13-34-40(20-31)61-41-21-32(50(3)4)11-14-35(41)43(34)36-19-29(9-12-33(36)45(55)56)44(54)47-16-18-59-38-8-6-5-7-30(38)26-58-25-28-22-52(23-28)46(57)51-17-15-39-37(24-51)48-42(53)27-60-39/h5-14,19-21,28,37,39H,15-18,22-27H2,1-4H3,(H2-,47,48,53,54,55,56)/t37-,39+/m1/s1. The number of hydrogen-bond acceptors (Lipinski definition) is 10. The number of nitrogens with one attached hydrogen (secondary N) is 2. The molecular formula is C46H50N6O9. The number of fused-ring (bicyclic) bond motifs is 3. The maximum Gasteiger partial charge on any atom is 0.320 e. The number of nitrogens with zero attached hydrogens (tertiary/aromatic N) is 4. The number of carbonyl (C=O) groups is 4. The van der Waals surface area contributed by atoms with Gasteiger partial charge in [-0.15, -0.1) is 0 Å². The Balaban J connectivity index is 0.881. The number of urea groups is 1. The Hall–Kier alpha value is -6.45. The van der Waals surface area contributed by atoms with Crippen LogP contribution < -0.4 is 35.3 Å². The number of anilines is 1. The van der Waals surface area contributed by atoms with E-state index >= 15 is 0 Å². The number of para-hydroxylation sites is 1. The lowest BCUT2D eigenvalue weighted by Gasteiger charge is -2.46. The first-order chi connectivity index (χ1) is 29.4. The Morgan fingerprint density at radius 1 is 0.967 bits per heavy atom. The molecule has 3 aromatic rings. The third-order valence-corrected chi connectivity index (χ3v) is 11.5. The lowest BCUT2D eigenvalue weighted by Crippen LogP contribution is -2.64. The zero-order chi connectivity index (χ0) is 42.8. The highest BCUT2D eigenvalue weighted by Crippen LogP contribution is 2.42. The van der Waals surface area contributed by atoms with Gasteiger partial charge in [0.25, 0.3) is 5.91 Å². The maximum absolute atomic E-state index is 13.6. The largest absolute Gasteiger partial charge is 0.545 e. The van der Waals surface area contributed by atoms with Crippen molar-refractivity contribution < 1.29 is 42.9 Å². The lowest BCUT2D eigenvalue weighted by atomic mass is 9.89. The van der Waals surface area contributed by atoms with E-state index in [2.05, 4.69) is 10.6 Å². The summed E-state index contributed by atoms with van der Waals surface area (Å²) in [5.41, 5.74) is 4.20. The van der Waals surface area contributed by atoms with Gasteiger partial charge in [-0.2, -0.15) is 0 Å². The summed E-state index contributed by atoms with van der Waals surface area (Å²) in [5.74, 6) is -0.490. The zero-order valence-electron chi connectivity index (χ0n) is 34.8. The van der Waals surface area contributed by atoms with Gasteiger partial charge in [0.05, 0.1) is 43.9 Å². The average Bonchev–Trinajstić information content (AvgIpc) is 3.24. The molecule has 0 radical (unpaired) electrons. The number of piperidine rings is 1. The van der Waals surface area contributed by atoms with Gasteiger partial charge in [0.2, 0.25) is 11.3 Å². The van der Waals surface area contributed by atoms with Crippen LogP contribution in [0.15, 0.2) is 83.3 Å². The second-order valence-corrected chi connectivity index (χ2v) is 16.2. The normalized spacial score (nSPS) is 17.7. The summed E-state index contributed by atoms with van der Waals surface area (Å²) >= 11 is 0. The molecule has 1 aliphatic carbocycles. The first-order valence-corrected chi connectivity index (χ1v) is 20.5. The van der Waals surface area contributed by atoms with Gasteiger partial charge in [-0.1, -0.05) is 24.3 Å². The number of ether oxygens (including phenoxy) is 3. The molecule has 61 heavy (non-hydrogen) atoms. The first-order valence-electron chi connectivity index (χ1n) is 20.5. The molecule has 8 rings (SSSR count). The summed E-state index contributed by atoms with van der Waals surface area (Å²) in [4.78, 5) is 56.6. The Kier molecular flexibility index (Phi) is 11.9. The van der Waals surface area contributed by atoms with Crippen molar-refractivity contribution in [2.45, 2.75) is 25.2 Å².